The van der Waals surface area contributed by atoms with E-state index in [4.69, 9.17) is 23.9 Å². The van der Waals surface area contributed by atoms with Gasteiger partial charge in [0, 0.05) is 40.9 Å². The molecule has 0 spiro atoms. The fourth-order valence-electron chi connectivity index (χ4n) is 5.04. The average molecular weight is 532 g/mol. The van der Waals surface area contributed by atoms with Gasteiger partial charge in [-0.1, -0.05) is 11.6 Å². The summed E-state index contributed by atoms with van der Waals surface area (Å²) in [5.41, 5.74) is 6.20. The monoisotopic (exact) mass is 531 g/mol. The zero-order valence-corrected chi connectivity index (χ0v) is 23.1. The van der Waals surface area contributed by atoms with Gasteiger partial charge >= 0.3 is 0 Å². The normalized spacial score (nSPS) is 11.1. The summed E-state index contributed by atoms with van der Waals surface area (Å²) in [6, 6.07) is 24.1. The van der Waals surface area contributed by atoms with Crippen molar-refractivity contribution in [1.82, 2.24) is 14.5 Å². The standard InChI is InChI=1S/C33H29N3O4/c1-20-6-7-29-27(12-20)28-19-31(39-5)26(18-30(28)36(29)32-13-21(2)8-10-34-32)22-14-24(38-4)16-25(15-22)40-33-17-23(37-3)9-11-35-33/h6-19H,1-5H3. The Morgan fingerprint density at radius 2 is 1.35 bits per heavy atom. The molecule has 0 unspecified atom stereocenters. The summed E-state index contributed by atoms with van der Waals surface area (Å²) in [7, 11) is 4.93. The van der Waals surface area contributed by atoms with Gasteiger partial charge in [-0.15, -0.1) is 0 Å². The van der Waals surface area contributed by atoms with Crippen LogP contribution in [-0.4, -0.2) is 35.9 Å². The van der Waals surface area contributed by atoms with Crippen LogP contribution in [0.1, 0.15) is 11.1 Å². The highest BCUT2D eigenvalue weighted by molar-refractivity contribution is 6.11. The lowest BCUT2D eigenvalue weighted by molar-refractivity contribution is 0.400. The van der Waals surface area contributed by atoms with Crippen LogP contribution in [0.2, 0.25) is 0 Å². The zero-order valence-electron chi connectivity index (χ0n) is 23.1. The van der Waals surface area contributed by atoms with Crippen LogP contribution in [0, 0.1) is 13.8 Å². The third-order valence-electron chi connectivity index (χ3n) is 6.96. The van der Waals surface area contributed by atoms with Gasteiger partial charge in [0.1, 0.15) is 28.8 Å². The molecule has 7 nitrogen and oxygen atoms in total. The molecule has 6 rings (SSSR count). The summed E-state index contributed by atoms with van der Waals surface area (Å²) in [6.07, 6.45) is 3.49. The number of hydrogen-bond acceptors (Lipinski definition) is 6. The molecule has 0 N–H and O–H groups in total. The number of benzene rings is 3. The minimum absolute atomic E-state index is 0.419. The summed E-state index contributed by atoms with van der Waals surface area (Å²) >= 11 is 0. The lowest BCUT2D eigenvalue weighted by atomic mass is 10.0. The van der Waals surface area contributed by atoms with Gasteiger partial charge in [-0.05, 0) is 79.6 Å². The van der Waals surface area contributed by atoms with Crippen molar-refractivity contribution in [3.63, 3.8) is 0 Å². The number of pyridine rings is 2. The van der Waals surface area contributed by atoms with Gasteiger partial charge in [0.15, 0.2) is 0 Å². The van der Waals surface area contributed by atoms with Crippen molar-refractivity contribution in [1.29, 1.82) is 0 Å². The molecule has 0 amide bonds. The van der Waals surface area contributed by atoms with E-state index in [2.05, 4.69) is 59.8 Å². The molecular formula is C33H29N3O4. The van der Waals surface area contributed by atoms with Crippen molar-refractivity contribution in [2.75, 3.05) is 21.3 Å². The van der Waals surface area contributed by atoms with Crippen LogP contribution in [0.3, 0.4) is 0 Å². The summed E-state index contributed by atoms with van der Waals surface area (Å²) in [4.78, 5) is 9.05. The second-order valence-electron chi connectivity index (χ2n) is 9.65. The molecule has 0 aliphatic carbocycles. The van der Waals surface area contributed by atoms with E-state index in [-0.39, 0.29) is 0 Å². The van der Waals surface area contributed by atoms with Crippen molar-refractivity contribution in [3.05, 3.63) is 96.3 Å². The first-order chi connectivity index (χ1) is 19.5. The van der Waals surface area contributed by atoms with Gasteiger partial charge in [0.05, 0.1) is 32.4 Å². The van der Waals surface area contributed by atoms with Gasteiger partial charge in [-0.2, -0.15) is 0 Å². The Balaban J connectivity index is 1.58. The summed E-state index contributed by atoms with van der Waals surface area (Å²) < 4.78 is 25.2. The lowest BCUT2D eigenvalue weighted by Gasteiger charge is -2.14. The quantitative estimate of drug-likeness (QED) is 0.211. The first-order valence-electron chi connectivity index (χ1n) is 12.9. The van der Waals surface area contributed by atoms with E-state index >= 15 is 0 Å². The van der Waals surface area contributed by atoms with Crippen molar-refractivity contribution in [2.45, 2.75) is 13.8 Å². The molecule has 0 bridgehead atoms. The predicted molar refractivity (Wildman–Crippen MR) is 157 cm³/mol. The van der Waals surface area contributed by atoms with E-state index in [1.165, 1.54) is 5.56 Å². The molecule has 0 saturated carbocycles. The minimum Gasteiger partial charge on any atom is -0.497 e. The SMILES string of the molecule is COc1cc(Oc2cc(OC)ccn2)cc(-c2cc3c(cc2OC)c2cc(C)ccc2n3-c2cc(C)ccn2)c1. The number of methoxy groups -OCH3 is 3. The molecule has 0 aliphatic heterocycles. The minimum atomic E-state index is 0.419. The Labute approximate surface area is 232 Å². The van der Waals surface area contributed by atoms with Crippen LogP contribution in [0.5, 0.6) is 28.9 Å². The highest BCUT2D eigenvalue weighted by Crippen LogP contribution is 2.42. The first-order valence-corrected chi connectivity index (χ1v) is 12.9. The molecule has 3 aromatic heterocycles. The molecule has 0 radical (unpaired) electrons. The van der Waals surface area contributed by atoms with Crippen molar-refractivity contribution < 1.29 is 18.9 Å². The fourth-order valence-corrected chi connectivity index (χ4v) is 5.04. The molecule has 6 aromatic rings. The Hall–Kier alpha value is -5.04. The largest absolute Gasteiger partial charge is 0.497 e. The topological polar surface area (TPSA) is 67.6 Å². The fraction of sp³-hybridized carbons (Fsp3) is 0.152. The third-order valence-corrected chi connectivity index (χ3v) is 6.96. The molecule has 3 aromatic carbocycles. The van der Waals surface area contributed by atoms with Gasteiger partial charge in [-0.3, -0.25) is 4.57 Å². The molecule has 0 aliphatic rings. The second-order valence-corrected chi connectivity index (χ2v) is 9.65. The average Bonchev–Trinajstić information content (AvgIpc) is 3.28. The predicted octanol–water partition coefficient (Wildman–Crippen LogP) is 7.68. The van der Waals surface area contributed by atoms with Gasteiger partial charge in [0.25, 0.3) is 0 Å². The molecule has 200 valence electrons. The maximum Gasteiger partial charge on any atom is 0.222 e. The highest BCUT2D eigenvalue weighted by Gasteiger charge is 2.19. The number of nitrogens with zero attached hydrogens (tertiary/aromatic N) is 3. The Kier molecular flexibility index (Phi) is 6.48. The molecule has 0 fully saturated rings. The number of hydrogen-bond donors (Lipinski definition) is 0. The first kappa shape index (κ1) is 25.2. The van der Waals surface area contributed by atoms with Crippen molar-refractivity contribution in [3.8, 4) is 45.8 Å². The maximum absolute atomic E-state index is 6.13. The zero-order chi connectivity index (χ0) is 27.8. The van der Waals surface area contributed by atoms with E-state index in [0.717, 1.165) is 50.1 Å². The molecule has 0 saturated heterocycles. The Bertz CT molecular complexity index is 1880. The van der Waals surface area contributed by atoms with Crippen LogP contribution in [-0.2, 0) is 0 Å². The molecule has 3 heterocycles. The molecule has 0 atom stereocenters. The number of fused-ring (bicyclic) bond motifs is 3. The second kappa shape index (κ2) is 10.3. The van der Waals surface area contributed by atoms with E-state index in [1.807, 2.05) is 30.5 Å². The van der Waals surface area contributed by atoms with Crippen molar-refractivity contribution in [2.24, 2.45) is 0 Å². The van der Waals surface area contributed by atoms with E-state index in [9.17, 15) is 0 Å². The number of aromatic nitrogens is 3. The van der Waals surface area contributed by atoms with Crippen LogP contribution in [0.15, 0.2) is 85.2 Å². The molecular weight excluding hydrogens is 502 g/mol. The smallest absolute Gasteiger partial charge is 0.222 e. The third kappa shape index (κ3) is 4.56. The number of ether oxygens (including phenoxy) is 4. The lowest BCUT2D eigenvalue weighted by Crippen LogP contribution is -1.98. The van der Waals surface area contributed by atoms with Crippen LogP contribution >= 0.6 is 0 Å². The Morgan fingerprint density at radius 3 is 2.12 bits per heavy atom. The number of rotatable bonds is 7. The molecule has 7 heteroatoms. The van der Waals surface area contributed by atoms with Crippen LogP contribution < -0.4 is 18.9 Å². The van der Waals surface area contributed by atoms with E-state index in [0.29, 0.717) is 23.1 Å². The van der Waals surface area contributed by atoms with Crippen LogP contribution in [0.25, 0.3) is 38.8 Å². The maximum atomic E-state index is 6.13. The summed E-state index contributed by atoms with van der Waals surface area (Å²) in [6.45, 7) is 4.18. The van der Waals surface area contributed by atoms with Crippen molar-refractivity contribution >= 4 is 21.8 Å². The van der Waals surface area contributed by atoms with Crippen LogP contribution in [0.4, 0.5) is 0 Å². The van der Waals surface area contributed by atoms with Gasteiger partial charge < -0.3 is 18.9 Å². The number of aryl methyl sites for hydroxylation is 2. The summed E-state index contributed by atoms with van der Waals surface area (Å²) in [5, 5.41) is 2.23. The van der Waals surface area contributed by atoms with E-state index < -0.39 is 0 Å². The molecule has 40 heavy (non-hydrogen) atoms. The van der Waals surface area contributed by atoms with Gasteiger partial charge in [-0.25, -0.2) is 9.97 Å². The highest BCUT2D eigenvalue weighted by atomic mass is 16.5. The Morgan fingerprint density at radius 1 is 0.600 bits per heavy atom. The van der Waals surface area contributed by atoms with Gasteiger partial charge in [0.2, 0.25) is 5.88 Å². The van der Waals surface area contributed by atoms with E-state index in [1.54, 1.807) is 39.7 Å². The summed E-state index contributed by atoms with van der Waals surface area (Å²) in [5.74, 6) is 3.90.